The van der Waals surface area contributed by atoms with Crippen LogP contribution in [0.5, 0.6) is 0 Å². The molecule has 0 rings (SSSR count). The number of hydrogen-bond donors (Lipinski definition) is 2. The normalized spacial score (nSPS) is 14.2. The van der Waals surface area contributed by atoms with Crippen molar-refractivity contribution >= 4 is 5.97 Å². The first kappa shape index (κ1) is 12.4. The third-order valence-electron chi connectivity index (χ3n) is 1.77. The fourth-order valence-corrected chi connectivity index (χ4v) is 1.46. The standard InChI is InChI=1S/C10H21NO2/c1-5-11-8(6-9(12)13)7-10(2,3)4/h8,11H,5-7H2,1-4H3,(H,12,13). The lowest BCUT2D eigenvalue weighted by Crippen LogP contribution is -2.34. The molecule has 78 valence electrons. The highest BCUT2D eigenvalue weighted by molar-refractivity contribution is 5.67. The Morgan fingerprint density at radius 3 is 2.31 bits per heavy atom. The molecule has 0 aromatic heterocycles. The Hall–Kier alpha value is -0.570. The summed E-state index contributed by atoms with van der Waals surface area (Å²) in [5.41, 5.74) is 0.183. The third-order valence-corrected chi connectivity index (χ3v) is 1.77. The van der Waals surface area contributed by atoms with Gasteiger partial charge >= 0.3 is 5.97 Å². The van der Waals surface area contributed by atoms with Gasteiger partial charge in [0.05, 0.1) is 6.42 Å². The number of carboxylic acids is 1. The number of aliphatic carboxylic acids is 1. The molecule has 0 aliphatic carbocycles. The molecule has 0 bridgehead atoms. The minimum absolute atomic E-state index is 0.0995. The fraction of sp³-hybridized carbons (Fsp3) is 0.900. The second-order valence-corrected chi connectivity index (χ2v) is 4.62. The molecule has 0 heterocycles. The molecule has 0 spiro atoms. The summed E-state index contributed by atoms with van der Waals surface area (Å²) < 4.78 is 0. The number of rotatable bonds is 5. The Kier molecular flexibility index (Phi) is 4.99. The van der Waals surface area contributed by atoms with Crippen LogP contribution < -0.4 is 5.32 Å². The van der Waals surface area contributed by atoms with E-state index in [1.807, 2.05) is 6.92 Å². The Labute approximate surface area is 80.5 Å². The lowest BCUT2D eigenvalue weighted by Gasteiger charge is -2.25. The molecule has 0 aromatic rings. The van der Waals surface area contributed by atoms with Gasteiger partial charge < -0.3 is 10.4 Å². The van der Waals surface area contributed by atoms with Crippen LogP contribution in [0.1, 0.15) is 40.5 Å². The lowest BCUT2D eigenvalue weighted by molar-refractivity contribution is -0.137. The Morgan fingerprint density at radius 1 is 1.46 bits per heavy atom. The summed E-state index contributed by atoms with van der Waals surface area (Å²) in [6, 6.07) is 0.0995. The van der Waals surface area contributed by atoms with Gasteiger partial charge in [0.1, 0.15) is 0 Å². The SMILES string of the molecule is CCNC(CC(=O)O)CC(C)(C)C. The van der Waals surface area contributed by atoms with Crippen molar-refractivity contribution < 1.29 is 9.90 Å². The molecule has 2 N–H and O–H groups in total. The van der Waals surface area contributed by atoms with E-state index in [-0.39, 0.29) is 17.9 Å². The van der Waals surface area contributed by atoms with E-state index in [4.69, 9.17) is 5.11 Å². The van der Waals surface area contributed by atoms with Gasteiger partial charge in [0.15, 0.2) is 0 Å². The first-order valence-electron chi connectivity index (χ1n) is 4.80. The van der Waals surface area contributed by atoms with Crippen molar-refractivity contribution in [2.24, 2.45) is 5.41 Å². The molecule has 3 heteroatoms. The summed E-state index contributed by atoms with van der Waals surface area (Å²) in [5.74, 6) is -0.727. The smallest absolute Gasteiger partial charge is 0.304 e. The van der Waals surface area contributed by atoms with Crippen molar-refractivity contribution in [1.82, 2.24) is 5.32 Å². The van der Waals surface area contributed by atoms with Gasteiger partial charge in [0.2, 0.25) is 0 Å². The highest BCUT2D eigenvalue weighted by Gasteiger charge is 2.19. The van der Waals surface area contributed by atoms with Crippen LogP contribution >= 0.6 is 0 Å². The summed E-state index contributed by atoms with van der Waals surface area (Å²) in [4.78, 5) is 10.5. The molecule has 0 fully saturated rings. The van der Waals surface area contributed by atoms with Crippen LogP contribution in [0.15, 0.2) is 0 Å². The van der Waals surface area contributed by atoms with Gasteiger partial charge in [-0.25, -0.2) is 0 Å². The van der Waals surface area contributed by atoms with Gasteiger partial charge in [-0.3, -0.25) is 4.79 Å². The Bertz CT molecular complexity index is 161. The number of nitrogens with one attached hydrogen (secondary N) is 1. The molecule has 13 heavy (non-hydrogen) atoms. The summed E-state index contributed by atoms with van der Waals surface area (Å²) in [7, 11) is 0. The van der Waals surface area contributed by atoms with E-state index in [1.54, 1.807) is 0 Å². The summed E-state index contributed by atoms with van der Waals surface area (Å²) in [6.07, 6.45) is 1.11. The van der Waals surface area contributed by atoms with Crippen LogP contribution in [0.4, 0.5) is 0 Å². The quantitative estimate of drug-likeness (QED) is 0.691. The zero-order valence-electron chi connectivity index (χ0n) is 9.05. The van der Waals surface area contributed by atoms with Crippen molar-refractivity contribution in [1.29, 1.82) is 0 Å². The molecule has 0 saturated carbocycles. The summed E-state index contributed by atoms with van der Waals surface area (Å²) in [5, 5.41) is 11.9. The molecular formula is C10H21NO2. The average molecular weight is 187 g/mol. The van der Waals surface area contributed by atoms with E-state index < -0.39 is 5.97 Å². The third kappa shape index (κ3) is 7.78. The highest BCUT2D eigenvalue weighted by Crippen LogP contribution is 2.21. The molecule has 0 amide bonds. The minimum atomic E-state index is -0.727. The molecule has 0 radical (unpaired) electrons. The van der Waals surface area contributed by atoms with E-state index in [2.05, 4.69) is 26.1 Å². The van der Waals surface area contributed by atoms with Gasteiger partial charge in [0, 0.05) is 6.04 Å². The van der Waals surface area contributed by atoms with Crippen LogP contribution in [-0.4, -0.2) is 23.7 Å². The zero-order chi connectivity index (χ0) is 10.5. The van der Waals surface area contributed by atoms with E-state index in [0.717, 1.165) is 13.0 Å². The maximum atomic E-state index is 10.5. The van der Waals surface area contributed by atoms with Crippen LogP contribution in [0.3, 0.4) is 0 Å². The monoisotopic (exact) mass is 187 g/mol. The predicted molar refractivity (Wildman–Crippen MR) is 53.8 cm³/mol. The highest BCUT2D eigenvalue weighted by atomic mass is 16.4. The summed E-state index contributed by atoms with van der Waals surface area (Å²) >= 11 is 0. The molecule has 0 saturated heterocycles. The largest absolute Gasteiger partial charge is 0.481 e. The van der Waals surface area contributed by atoms with Gasteiger partial charge in [-0.05, 0) is 18.4 Å². The van der Waals surface area contributed by atoms with E-state index in [9.17, 15) is 4.79 Å². The van der Waals surface area contributed by atoms with Crippen LogP contribution in [-0.2, 0) is 4.79 Å². The van der Waals surface area contributed by atoms with E-state index >= 15 is 0 Å². The second-order valence-electron chi connectivity index (χ2n) is 4.62. The minimum Gasteiger partial charge on any atom is -0.481 e. The first-order chi connectivity index (χ1) is 5.85. The van der Waals surface area contributed by atoms with E-state index in [0.29, 0.717) is 0 Å². The van der Waals surface area contributed by atoms with Gasteiger partial charge in [-0.2, -0.15) is 0 Å². The van der Waals surface area contributed by atoms with Crippen molar-refractivity contribution in [2.75, 3.05) is 6.54 Å². The van der Waals surface area contributed by atoms with Crippen LogP contribution in [0, 0.1) is 5.41 Å². The number of carboxylic acid groups (broad SMARTS) is 1. The Balaban J connectivity index is 4.01. The van der Waals surface area contributed by atoms with Crippen LogP contribution in [0.2, 0.25) is 0 Å². The van der Waals surface area contributed by atoms with Crippen molar-refractivity contribution in [3.63, 3.8) is 0 Å². The lowest BCUT2D eigenvalue weighted by atomic mass is 9.87. The molecule has 1 unspecified atom stereocenters. The van der Waals surface area contributed by atoms with Crippen molar-refractivity contribution in [2.45, 2.75) is 46.6 Å². The number of carbonyl (C=O) groups is 1. The molecule has 0 aliphatic rings. The first-order valence-corrected chi connectivity index (χ1v) is 4.80. The topological polar surface area (TPSA) is 49.3 Å². The number of hydrogen-bond acceptors (Lipinski definition) is 2. The second kappa shape index (κ2) is 5.22. The van der Waals surface area contributed by atoms with Gasteiger partial charge in [-0.15, -0.1) is 0 Å². The molecule has 0 aromatic carbocycles. The molecule has 3 nitrogen and oxygen atoms in total. The maximum Gasteiger partial charge on any atom is 0.304 e. The van der Waals surface area contributed by atoms with Gasteiger partial charge in [0.25, 0.3) is 0 Å². The molecular weight excluding hydrogens is 166 g/mol. The fourth-order valence-electron chi connectivity index (χ4n) is 1.46. The summed E-state index contributed by atoms with van der Waals surface area (Å²) in [6.45, 7) is 9.20. The predicted octanol–water partition coefficient (Wildman–Crippen LogP) is 1.88. The molecule has 0 aliphatic heterocycles. The Morgan fingerprint density at radius 2 is 2.00 bits per heavy atom. The average Bonchev–Trinajstić information content (AvgIpc) is 1.81. The van der Waals surface area contributed by atoms with Crippen molar-refractivity contribution in [3.05, 3.63) is 0 Å². The zero-order valence-corrected chi connectivity index (χ0v) is 9.05. The maximum absolute atomic E-state index is 10.5. The van der Waals surface area contributed by atoms with E-state index in [1.165, 1.54) is 0 Å². The molecule has 1 atom stereocenters. The van der Waals surface area contributed by atoms with Crippen molar-refractivity contribution in [3.8, 4) is 0 Å². The van der Waals surface area contributed by atoms with Crippen LogP contribution in [0.25, 0.3) is 0 Å². The van der Waals surface area contributed by atoms with Gasteiger partial charge in [-0.1, -0.05) is 27.7 Å².